The first kappa shape index (κ1) is 11.7. The molecule has 0 unspecified atom stereocenters. The number of ether oxygens (including phenoxy) is 1. The molecule has 18 heavy (non-hydrogen) atoms. The summed E-state index contributed by atoms with van der Waals surface area (Å²) < 4.78 is 5.34. The summed E-state index contributed by atoms with van der Waals surface area (Å²) in [4.78, 5) is 0. The van der Waals surface area contributed by atoms with E-state index in [2.05, 4.69) is 30.1 Å². The topological polar surface area (TPSA) is 24.8 Å². The third kappa shape index (κ3) is 2.41. The molecular formula is C15H20N2O. The highest BCUT2D eigenvalue weighted by Gasteiger charge is 2.13. The van der Waals surface area contributed by atoms with E-state index in [0.717, 1.165) is 32.0 Å². The van der Waals surface area contributed by atoms with E-state index in [-0.39, 0.29) is 0 Å². The number of hydrogen-bond acceptors (Lipinski definition) is 3. The van der Waals surface area contributed by atoms with Crippen molar-refractivity contribution in [2.45, 2.75) is 26.2 Å². The van der Waals surface area contributed by atoms with Crippen LogP contribution < -0.4 is 0 Å². The molecule has 1 heterocycles. The molecule has 0 saturated carbocycles. The van der Waals surface area contributed by atoms with Crippen LogP contribution in [-0.2, 0) is 17.6 Å². The lowest BCUT2D eigenvalue weighted by molar-refractivity contribution is 0.0393. The van der Waals surface area contributed by atoms with E-state index in [4.69, 9.17) is 9.84 Å². The molecule has 0 N–H and O–H groups in total. The van der Waals surface area contributed by atoms with E-state index in [1.165, 1.54) is 36.0 Å². The largest absolute Gasteiger partial charge is 0.378 e. The van der Waals surface area contributed by atoms with E-state index in [1.54, 1.807) is 0 Å². The Bertz CT molecular complexity index is 462. The minimum atomic E-state index is 0.793. The molecule has 2 aliphatic rings. The van der Waals surface area contributed by atoms with Gasteiger partial charge in [-0.15, -0.1) is 0 Å². The van der Waals surface area contributed by atoms with Crippen LogP contribution in [0, 0.1) is 0 Å². The Balaban J connectivity index is 1.78. The van der Waals surface area contributed by atoms with E-state index in [0.29, 0.717) is 0 Å². The molecule has 1 saturated heterocycles. The molecule has 1 aliphatic carbocycles. The van der Waals surface area contributed by atoms with Crippen molar-refractivity contribution in [1.29, 1.82) is 0 Å². The van der Waals surface area contributed by atoms with Crippen molar-refractivity contribution in [3.8, 4) is 0 Å². The summed E-state index contributed by atoms with van der Waals surface area (Å²) in [5, 5.41) is 6.82. The Morgan fingerprint density at radius 3 is 2.78 bits per heavy atom. The van der Waals surface area contributed by atoms with Gasteiger partial charge in [0.1, 0.15) is 0 Å². The molecule has 96 valence electrons. The number of rotatable bonds is 2. The summed E-state index contributed by atoms with van der Waals surface area (Å²) in [6, 6.07) is 6.81. The van der Waals surface area contributed by atoms with Gasteiger partial charge in [0.15, 0.2) is 0 Å². The molecule has 0 aromatic heterocycles. The first-order chi connectivity index (χ1) is 8.83. The summed E-state index contributed by atoms with van der Waals surface area (Å²) in [6.07, 6.45) is 3.78. The number of hydrazone groups is 1. The number of morpholine rings is 1. The summed E-state index contributed by atoms with van der Waals surface area (Å²) >= 11 is 0. The van der Waals surface area contributed by atoms with Crippen molar-refractivity contribution in [1.82, 2.24) is 5.01 Å². The van der Waals surface area contributed by atoms with Crippen LogP contribution >= 0.6 is 0 Å². The van der Waals surface area contributed by atoms with Crippen molar-refractivity contribution in [3.63, 3.8) is 0 Å². The normalized spacial score (nSPS) is 20.1. The van der Waals surface area contributed by atoms with Gasteiger partial charge in [-0.25, -0.2) is 0 Å². The zero-order valence-corrected chi connectivity index (χ0v) is 11.0. The van der Waals surface area contributed by atoms with E-state index in [1.807, 2.05) is 0 Å². The number of nitrogens with zero attached hydrogens (tertiary/aromatic N) is 2. The highest BCUT2D eigenvalue weighted by Crippen LogP contribution is 2.23. The summed E-state index contributed by atoms with van der Waals surface area (Å²) in [5.74, 6) is 0. The molecular weight excluding hydrogens is 224 g/mol. The van der Waals surface area contributed by atoms with Crippen LogP contribution in [0.2, 0.25) is 0 Å². The zero-order chi connectivity index (χ0) is 12.4. The fourth-order valence-corrected chi connectivity index (χ4v) is 2.72. The van der Waals surface area contributed by atoms with Crippen LogP contribution in [0.15, 0.2) is 23.3 Å². The average molecular weight is 244 g/mol. The number of aryl methyl sites for hydroxylation is 2. The van der Waals surface area contributed by atoms with Crippen molar-refractivity contribution >= 4 is 5.71 Å². The Morgan fingerprint density at radius 1 is 1.17 bits per heavy atom. The molecule has 0 amide bonds. The fourth-order valence-electron chi connectivity index (χ4n) is 2.72. The number of hydrogen-bond donors (Lipinski definition) is 0. The first-order valence-electron chi connectivity index (χ1n) is 6.83. The van der Waals surface area contributed by atoms with Crippen molar-refractivity contribution in [2.24, 2.45) is 5.10 Å². The van der Waals surface area contributed by atoms with Crippen LogP contribution in [0.4, 0.5) is 0 Å². The monoisotopic (exact) mass is 244 g/mol. The smallest absolute Gasteiger partial charge is 0.0659 e. The van der Waals surface area contributed by atoms with Gasteiger partial charge in [0, 0.05) is 0 Å². The van der Waals surface area contributed by atoms with Gasteiger partial charge in [-0.05, 0) is 48.9 Å². The maximum Gasteiger partial charge on any atom is 0.0659 e. The molecule has 0 atom stereocenters. The molecule has 3 heteroatoms. The molecule has 0 bridgehead atoms. The van der Waals surface area contributed by atoms with E-state index in [9.17, 15) is 0 Å². The highest BCUT2D eigenvalue weighted by molar-refractivity contribution is 5.98. The van der Waals surface area contributed by atoms with Crippen LogP contribution in [0.5, 0.6) is 0 Å². The van der Waals surface area contributed by atoms with Crippen LogP contribution in [0.25, 0.3) is 0 Å². The minimum Gasteiger partial charge on any atom is -0.378 e. The summed E-state index contributed by atoms with van der Waals surface area (Å²) in [5.41, 5.74) is 5.43. The summed E-state index contributed by atoms with van der Waals surface area (Å²) in [6.45, 7) is 5.50. The summed E-state index contributed by atoms with van der Waals surface area (Å²) in [7, 11) is 0. The first-order valence-corrected chi connectivity index (χ1v) is 6.83. The minimum absolute atomic E-state index is 0.793. The Morgan fingerprint density at radius 2 is 1.94 bits per heavy atom. The van der Waals surface area contributed by atoms with Crippen molar-refractivity contribution in [2.75, 3.05) is 26.3 Å². The van der Waals surface area contributed by atoms with Gasteiger partial charge in [-0.1, -0.05) is 12.1 Å². The van der Waals surface area contributed by atoms with Gasteiger partial charge in [0.2, 0.25) is 0 Å². The number of benzene rings is 1. The fraction of sp³-hybridized carbons (Fsp3) is 0.533. The highest BCUT2D eigenvalue weighted by atomic mass is 16.5. The lowest BCUT2D eigenvalue weighted by atomic mass is 10.0. The Kier molecular flexibility index (Phi) is 3.33. The molecule has 1 aromatic carbocycles. The molecule has 1 fully saturated rings. The lowest BCUT2D eigenvalue weighted by Crippen LogP contribution is -2.33. The average Bonchev–Trinajstić information content (AvgIpc) is 2.87. The zero-order valence-electron chi connectivity index (χ0n) is 11.0. The number of fused-ring (bicyclic) bond motifs is 1. The van der Waals surface area contributed by atoms with E-state index < -0.39 is 0 Å². The SMILES string of the molecule is C/C(=N/N1CCOCC1)c1ccc2c(c1)CCC2. The maximum atomic E-state index is 5.34. The van der Waals surface area contributed by atoms with Gasteiger partial charge in [-0.3, -0.25) is 5.01 Å². The Hall–Kier alpha value is -1.35. The van der Waals surface area contributed by atoms with Gasteiger partial charge in [0.25, 0.3) is 0 Å². The Labute approximate surface area is 108 Å². The predicted octanol–water partition coefficient (Wildman–Crippen LogP) is 2.23. The van der Waals surface area contributed by atoms with E-state index >= 15 is 0 Å². The van der Waals surface area contributed by atoms with Crippen molar-refractivity contribution in [3.05, 3.63) is 34.9 Å². The molecule has 3 nitrogen and oxygen atoms in total. The molecule has 1 aromatic rings. The second-order valence-corrected chi connectivity index (χ2v) is 5.09. The second kappa shape index (κ2) is 5.11. The standard InChI is InChI=1S/C15H20N2O/c1-12(16-17-7-9-18-10-8-17)14-6-5-13-3-2-4-15(13)11-14/h5-6,11H,2-4,7-10H2,1H3/b16-12-. The predicted molar refractivity (Wildman–Crippen MR) is 73.1 cm³/mol. The van der Waals surface area contributed by atoms with Crippen LogP contribution in [0.1, 0.15) is 30.0 Å². The maximum absolute atomic E-state index is 5.34. The second-order valence-electron chi connectivity index (χ2n) is 5.09. The van der Waals surface area contributed by atoms with Gasteiger partial charge in [-0.2, -0.15) is 5.10 Å². The van der Waals surface area contributed by atoms with Crippen molar-refractivity contribution < 1.29 is 4.74 Å². The van der Waals surface area contributed by atoms with Crippen LogP contribution in [0.3, 0.4) is 0 Å². The molecule has 0 radical (unpaired) electrons. The third-order valence-electron chi connectivity index (χ3n) is 3.80. The van der Waals surface area contributed by atoms with Gasteiger partial charge in [0.05, 0.1) is 32.0 Å². The lowest BCUT2D eigenvalue weighted by Gasteiger charge is -2.24. The molecule has 0 spiro atoms. The van der Waals surface area contributed by atoms with Crippen LogP contribution in [-0.4, -0.2) is 37.0 Å². The molecule has 3 rings (SSSR count). The quantitative estimate of drug-likeness (QED) is 0.745. The molecule has 1 aliphatic heterocycles. The van der Waals surface area contributed by atoms with Gasteiger partial charge < -0.3 is 4.74 Å². The third-order valence-corrected chi connectivity index (χ3v) is 3.80. The van der Waals surface area contributed by atoms with Gasteiger partial charge >= 0.3 is 0 Å².